The molecule has 0 aliphatic rings. The smallest absolute Gasteiger partial charge is 0.349 e. The fourth-order valence-corrected chi connectivity index (χ4v) is 2.28. The Labute approximate surface area is 152 Å². The molecule has 0 unspecified atom stereocenters. The predicted octanol–water partition coefficient (Wildman–Crippen LogP) is 2.87. The number of ether oxygens (including phenoxy) is 1. The topological polar surface area (TPSA) is 92.3 Å². The second kappa shape index (κ2) is 9.84. The van der Waals surface area contributed by atoms with Crippen LogP contribution in [0.4, 0.5) is 0 Å². The zero-order valence-electron chi connectivity index (χ0n) is 14.5. The van der Waals surface area contributed by atoms with Gasteiger partial charge in [0.25, 0.3) is 5.91 Å². The van der Waals surface area contributed by atoms with E-state index >= 15 is 0 Å². The second-order valence-electron chi connectivity index (χ2n) is 5.75. The van der Waals surface area contributed by atoms with Crippen molar-refractivity contribution in [2.45, 2.75) is 25.8 Å². The molecule has 6 nitrogen and oxygen atoms in total. The van der Waals surface area contributed by atoms with Crippen LogP contribution in [0, 0.1) is 11.3 Å². The number of aryl methyl sites for hydroxylation is 1. The molecule has 0 aliphatic heterocycles. The average molecular weight is 352 g/mol. The lowest BCUT2D eigenvalue weighted by Gasteiger charge is -2.14. The first-order chi connectivity index (χ1) is 12.6. The molecule has 26 heavy (non-hydrogen) atoms. The normalized spacial score (nSPS) is 12.1. The van der Waals surface area contributed by atoms with Crippen LogP contribution in [0.15, 0.2) is 58.7 Å². The summed E-state index contributed by atoms with van der Waals surface area (Å²) in [6.45, 7) is 1.45. The van der Waals surface area contributed by atoms with E-state index in [4.69, 9.17) is 14.4 Å². The van der Waals surface area contributed by atoms with Crippen molar-refractivity contribution in [2.75, 3.05) is 6.61 Å². The van der Waals surface area contributed by atoms with Gasteiger partial charge >= 0.3 is 5.97 Å². The van der Waals surface area contributed by atoms with Gasteiger partial charge in [-0.3, -0.25) is 4.79 Å². The summed E-state index contributed by atoms with van der Waals surface area (Å²) in [5, 5.41) is 11.8. The molecule has 0 saturated heterocycles. The van der Waals surface area contributed by atoms with E-state index in [1.54, 1.807) is 18.2 Å². The van der Waals surface area contributed by atoms with Gasteiger partial charge < -0.3 is 14.5 Å². The van der Waals surface area contributed by atoms with Crippen LogP contribution in [0.25, 0.3) is 6.08 Å². The van der Waals surface area contributed by atoms with E-state index in [9.17, 15) is 9.59 Å². The highest BCUT2D eigenvalue weighted by Gasteiger charge is 2.15. The zero-order valence-corrected chi connectivity index (χ0v) is 14.5. The molecule has 2 rings (SSSR count). The maximum absolute atomic E-state index is 11.9. The SMILES string of the molecule is C[C@@H](CCc1ccccc1)NC(=O)COC(=O)/C(C#N)=C/c1ccco1. The first-order valence-electron chi connectivity index (χ1n) is 8.24. The molecule has 0 spiro atoms. The Bertz CT molecular complexity index is 789. The van der Waals surface area contributed by atoms with Crippen molar-refractivity contribution in [3.05, 3.63) is 65.6 Å². The number of esters is 1. The third-order valence-corrected chi connectivity index (χ3v) is 3.62. The minimum Gasteiger partial charge on any atom is -0.465 e. The molecule has 1 N–H and O–H groups in total. The third kappa shape index (κ3) is 6.29. The van der Waals surface area contributed by atoms with Crippen LogP contribution in [0.5, 0.6) is 0 Å². The Hall–Kier alpha value is -3.33. The quantitative estimate of drug-likeness (QED) is 0.448. The monoisotopic (exact) mass is 352 g/mol. The lowest BCUT2D eigenvalue weighted by atomic mass is 10.1. The summed E-state index contributed by atoms with van der Waals surface area (Å²) in [5.74, 6) is -0.914. The van der Waals surface area contributed by atoms with Gasteiger partial charge in [0, 0.05) is 12.1 Å². The van der Waals surface area contributed by atoms with Crippen LogP contribution in [-0.2, 0) is 20.7 Å². The van der Waals surface area contributed by atoms with Gasteiger partial charge in [-0.2, -0.15) is 5.26 Å². The minimum atomic E-state index is -0.865. The highest BCUT2D eigenvalue weighted by atomic mass is 16.5. The second-order valence-corrected chi connectivity index (χ2v) is 5.75. The van der Waals surface area contributed by atoms with Gasteiger partial charge in [-0.1, -0.05) is 30.3 Å². The van der Waals surface area contributed by atoms with Crippen molar-refractivity contribution in [1.82, 2.24) is 5.32 Å². The Balaban J connectivity index is 1.75. The lowest BCUT2D eigenvalue weighted by molar-refractivity contribution is -0.144. The molecule has 0 aliphatic carbocycles. The number of hydrogen-bond acceptors (Lipinski definition) is 5. The van der Waals surface area contributed by atoms with E-state index in [0.29, 0.717) is 5.76 Å². The summed E-state index contributed by atoms with van der Waals surface area (Å²) in [7, 11) is 0. The van der Waals surface area contributed by atoms with Crippen molar-refractivity contribution in [1.29, 1.82) is 5.26 Å². The molecule has 2 aromatic rings. The Morgan fingerprint density at radius 3 is 2.69 bits per heavy atom. The van der Waals surface area contributed by atoms with Gasteiger partial charge in [0.15, 0.2) is 6.61 Å². The van der Waals surface area contributed by atoms with E-state index in [1.165, 1.54) is 17.9 Å². The van der Waals surface area contributed by atoms with Gasteiger partial charge in [0.2, 0.25) is 0 Å². The number of nitriles is 1. The number of benzene rings is 1. The fraction of sp³-hybridized carbons (Fsp3) is 0.250. The van der Waals surface area contributed by atoms with E-state index in [1.807, 2.05) is 37.3 Å². The van der Waals surface area contributed by atoms with Crippen LogP contribution < -0.4 is 5.32 Å². The van der Waals surface area contributed by atoms with Crippen LogP contribution >= 0.6 is 0 Å². The van der Waals surface area contributed by atoms with Crippen LogP contribution in [0.3, 0.4) is 0 Å². The molecular formula is C20H20N2O4. The Morgan fingerprint density at radius 2 is 2.04 bits per heavy atom. The van der Waals surface area contributed by atoms with Gasteiger partial charge in [-0.15, -0.1) is 0 Å². The molecule has 1 amide bonds. The first-order valence-corrected chi connectivity index (χ1v) is 8.24. The summed E-state index contributed by atoms with van der Waals surface area (Å²) in [6.07, 6.45) is 4.30. The molecule has 1 aromatic heterocycles. The number of hydrogen-bond donors (Lipinski definition) is 1. The van der Waals surface area contributed by atoms with Gasteiger partial charge in [-0.05, 0) is 37.5 Å². The lowest BCUT2D eigenvalue weighted by Crippen LogP contribution is -2.36. The van der Waals surface area contributed by atoms with Gasteiger partial charge in [-0.25, -0.2) is 4.79 Å². The summed E-state index contributed by atoms with van der Waals surface area (Å²) in [6, 6.07) is 14.9. The van der Waals surface area contributed by atoms with Crippen molar-refractivity contribution in [3.63, 3.8) is 0 Å². The maximum atomic E-state index is 11.9. The van der Waals surface area contributed by atoms with Crippen molar-refractivity contribution in [2.24, 2.45) is 0 Å². The van der Waals surface area contributed by atoms with Crippen LogP contribution in [0.2, 0.25) is 0 Å². The molecule has 0 saturated carbocycles. The Morgan fingerprint density at radius 1 is 1.27 bits per heavy atom. The van der Waals surface area contributed by atoms with E-state index < -0.39 is 18.5 Å². The predicted molar refractivity (Wildman–Crippen MR) is 95.6 cm³/mol. The molecule has 1 atom stereocenters. The number of amides is 1. The molecule has 6 heteroatoms. The Kier molecular flexibility index (Phi) is 7.19. The van der Waals surface area contributed by atoms with Crippen molar-refractivity contribution in [3.8, 4) is 6.07 Å². The molecule has 0 fully saturated rings. The number of furan rings is 1. The molecule has 134 valence electrons. The summed E-state index contributed by atoms with van der Waals surface area (Å²) in [4.78, 5) is 23.8. The van der Waals surface area contributed by atoms with Crippen molar-refractivity contribution < 1.29 is 18.7 Å². The highest BCUT2D eigenvalue weighted by molar-refractivity contribution is 5.98. The molecule has 0 radical (unpaired) electrons. The number of rotatable bonds is 8. The zero-order chi connectivity index (χ0) is 18.8. The van der Waals surface area contributed by atoms with E-state index in [-0.39, 0.29) is 11.6 Å². The van der Waals surface area contributed by atoms with Crippen LogP contribution in [0.1, 0.15) is 24.7 Å². The van der Waals surface area contributed by atoms with Crippen molar-refractivity contribution >= 4 is 18.0 Å². The maximum Gasteiger partial charge on any atom is 0.349 e. The first kappa shape index (κ1) is 19.0. The summed E-state index contributed by atoms with van der Waals surface area (Å²) in [5.41, 5.74) is 0.964. The molecular weight excluding hydrogens is 332 g/mol. The average Bonchev–Trinajstić information content (AvgIpc) is 3.16. The van der Waals surface area contributed by atoms with E-state index in [0.717, 1.165) is 12.8 Å². The molecule has 1 aromatic carbocycles. The van der Waals surface area contributed by atoms with Crippen LogP contribution in [-0.4, -0.2) is 24.5 Å². The molecule has 0 bridgehead atoms. The number of nitrogens with zero attached hydrogens (tertiary/aromatic N) is 1. The largest absolute Gasteiger partial charge is 0.465 e. The number of carbonyl (C=O) groups excluding carboxylic acids is 2. The minimum absolute atomic E-state index is 0.0597. The number of carbonyl (C=O) groups is 2. The standard InChI is InChI=1S/C20H20N2O4/c1-15(9-10-16-6-3-2-4-7-16)22-19(23)14-26-20(24)17(13-21)12-18-8-5-11-25-18/h2-8,11-12,15H,9-10,14H2,1H3,(H,22,23)/b17-12+/t15-/m0/s1. The van der Waals surface area contributed by atoms with E-state index in [2.05, 4.69) is 5.32 Å². The third-order valence-electron chi connectivity index (χ3n) is 3.62. The summed E-state index contributed by atoms with van der Waals surface area (Å²) < 4.78 is 9.93. The summed E-state index contributed by atoms with van der Waals surface area (Å²) >= 11 is 0. The fourth-order valence-electron chi connectivity index (χ4n) is 2.28. The highest BCUT2D eigenvalue weighted by Crippen LogP contribution is 2.08. The number of nitrogens with one attached hydrogen (secondary N) is 1. The van der Waals surface area contributed by atoms with Gasteiger partial charge in [0.1, 0.15) is 17.4 Å². The molecule has 1 heterocycles. The van der Waals surface area contributed by atoms with Gasteiger partial charge in [0.05, 0.1) is 6.26 Å².